The maximum absolute atomic E-state index is 12.5. The molecule has 0 saturated heterocycles. The van der Waals surface area contributed by atoms with Gasteiger partial charge in [0.2, 0.25) is 6.79 Å². The molecular weight excluding hydrogens is 334 g/mol. The van der Waals surface area contributed by atoms with Crippen molar-refractivity contribution in [1.29, 1.82) is 0 Å². The van der Waals surface area contributed by atoms with Gasteiger partial charge in [0.15, 0.2) is 17.6 Å². The standard InChI is InChI=1S/C17H22ClNO5/c1-9(2)19(10(3)4)16(20)11(5)24-17(21)12-6-13(18)15-14(7-12)22-8-23-15/h6-7,9-11H,8H2,1-5H3/t11-/m0/s1. The molecule has 6 nitrogen and oxygen atoms in total. The molecule has 1 amide bonds. The summed E-state index contributed by atoms with van der Waals surface area (Å²) in [5.41, 5.74) is 0.213. The Balaban J connectivity index is 2.12. The van der Waals surface area contributed by atoms with Crippen LogP contribution < -0.4 is 9.47 Å². The first-order chi connectivity index (χ1) is 11.2. The minimum absolute atomic E-state index is 0.0126. The summed E-state index contributed by atoms with van der Waals surface area (Å²) in [6, 6.07) is 2.96. The van der Waals surface area contributed by atoms with Crippen LogP contribution in [-0.2, 0) is 9.53 Å². The number of benzene rings is 1. The van der Waals surface area contributed by atoms with Crippen molar-refractivity contribution >= 4 is 23.5 Å². The highest BCUT2D eigenvalue weighted by molar-refractivity contribution is 6.32. The fourth-order valence-electron chi connectivity index (χ4n) is 2.68. The van der Waals surface area contributed by atoms with Gasteiger partial charge in [-0.2, -0.15) is 0 Å². The zero-order valence-electron chi connectivity index (χ0n) is 14.5. The number of amides is 1. The summed E-state index contributed by atoms with van der Waals surface area (Å²) in [5, 5.41) is 0.266. The zero-order chi connectivity index (χ0) is 18.0. The largest absolute Gasteiger partial charge is 0.454 e. The summed E-state index contributed by atoms with van der Waals surface area (Å²) >= 11 is 6.06. The average Bonchev–Trinajstić information content (AvgIpc) is 2.95. The van der Waals surface area contributed by atoms with E-state index in [0.717, 1.165) is 0 Å². The first-order valence-corrected chi connectivity index (χ1v) is 8.22. The Labute approximate surface area is 146 Å². The van der Waals surface area contributed by atoms with Crippen LogP contribution in [0.25, 0.3) is 0 Å². The Kier molecular flexibility index (Phi) is 5.59. The number of esters is 1. The molecule has 0 N–H and O–H groups in total. The Hall–Kier alpha value is -1.95. The number of carbonyl (C=O) groups excluding carboxylic acids is 2. The van der Waals surface area contributed by atoms with Gasteiger partial charge in [0.05, 0.1) is 10.6 Å². The number of ether oxygens (including phenoxy) is 3. The molecule has 24 heavy (non-hydrogen) atoms. The van der Waals surface area contributed by atoms with Crippen molar-refractivity contribution in [2.75, 3.05) is 6.79 Å². The van der Waals surface area contributed by atoms with Crippen LogP contribution in [0.5, 0.6) is 11.5 Å². The third kappa shape index (κ3) is 3.75. The van der Waals surface area contributed by atoms with Gasteiger partial charge in [0.1, 0.15) is 0 Å². The van der Waals surface area contributed by atoms with E-state index >= 15 is 0 Å². The molecule has 0 fully saturated rings. The second kappa shape index (κ2) is 7.30. The van der Waals surface area contributed by atoms with Crippen molar-refractivity contribution in [2.45, 2.75) is 52.8 Å². The van der Waals surface area contributed by atoms with Crippen LogP contribution in [0.15, 0.2) is 12.1 Å². The Bertz CT molecular complexity index is 636. The molecule has 0 radical (unpaired) electrons. The van der Waals surface area contributed by atoms with E-state index in [-0.39, 0.29) is 35.4 Å². The molecule has 0 unspecified atom stereocenters. The van der Waals surface area contributed by atoms with Gasteiger partial charge >= 0.3 is 5.97 Å². The molecule has 0 spiro atoms. The Morgan fingerprint density at radius 2 is 1.75 bits per heavy atom. The maximum atomic E-state index is 12.5. The van der Waals surface area contributed by atoms with Crippen LogP contribution in [-0.4, -0.2) is 41.8 Å². The van der Waals surface area contributed by atoms with Gasteiger partial charge in [-0.25, -0.2) is 4.79 Å². The number of carbonyl (C=O) groups is 2. The summed E-state index contributed by atoms with van der Waals surface area (Å²) in [6.07, 6.45) is -0.897. The first-order valence-electron chi connectivity index (χ1n) is 7.84. The minimum atomic E-state index is -0.897. The molecule has 1 aromatic rings. The molecule has 0 aromatic heterocycles. The highest BCUT2D eigenvalue weighted by Crippen LogP contribution is 2.39. The van der Waals surface area contributed by atoms with Gasteiger partial charge < -0.3 is 19.1 Å². The molecule has 132 valence electrons. The van der Waals surface area contributed by atoms with Gasteiger partial charge in [-0.3, -0.25) is 4.79 Å². The molecule has 1 atom stereocenters. The highest BCUT2D eigenvalue weighted by Gasteiger charge is 2.29. The SMILES string of the molecule is CC(C)N(C(=O)[C@H](C)OC(=O)c1cc(Cl)c2c(c1)OCO2)C(C)C. The number of halogens is 1. The summed E-state index contributed by atoms with van der Waals surface area (Å²) < 4.78 is 15.7. The van der Waals surface area contributed by atoms with E-state index in [2.05, 4.69) is 0 Å². The topological polar surface area (TPSA) is 65.1 Å². The van der Waals surface area contributed by atoms with E-state index in [4.69, 9.17) is 25.8 Å². The normalized spacial score (nSPS) is 14.0. The predicted molar refractivity (Wildman–Crippen MR) is 89.6 cm³/mol. The number of hydrogen-bond acceptors (Lipinski definition) is 5. The molecule has 0 saturated carbocycles. The third-order valence-corrected chi connectivity index (χ3v) is 3.94. The molecule has 7 heteroatoms. The molecule has 0 aliphatic carbocycles. The quantitative estimate of drug-likeness (QED) is 0.758. The highest BCUT2D eigenvalue weighted by atomic mass is 35.5. The second-order valence-corrected chi connectivity index (χ2v) is 6.58. The second-order valence-electron chi connectivity index (χ2n) is 6.17. The lowest BCUT2D eigenvalue weighted by molar-refractivity contribution is -0.143. The number of hydrogen-bond donors (Lipinski definition) is 0. The van der Waals surface area contributed by atoms with Crippen LogP contribution >= 0.6 is 11.6 Å². The monoisotopic (exact) mass is 355 g/mol. The summed E-state index contributed by atoms with van der Waals surface area (Å²) in [6.45, 7) is 9.30. The molecular formula is C17H22ClNO5. The zero-order valence-corrected chi connectivity index (χ0v) is 15.2. The average molecular weight is 356 g/mol. The van der Waals surface area contributed by atoms with Crippen molar-refractivity contribution in [2.24, 2.45) is 0 Å². The van der Waals surface area contributed by atoms with E-state index in [1.807, 2.05) is 27.7 Å². The van der Waals surface area contributed by atoms with Gasteiger partial charge in [-0.1, -0.05) is 11.6 Å². The van der Waals surface area contributed by atoms with Crippen molar-refractivity contribution in [3.8, 4) is 11.5 Å². The number of nitrogens with zero attached hydrogens (tertiary/aromatic N) is 1. The van der Waals surface area contributed by atoms with Crippen LogP contribution in [0.1, 0.15) is 45.0 Å². The lowest BCUT2D eigenvalue weighted by atomic mass is 10.2. The lowest BCUT2D eigenvalue weighted by Crippen LogP contribution is -2.47. The van der Waals surface area contributed by atoms with Crippen molar-refractivity contribution in [1.82, 2.24) is 4.90 Å². The van der Waals surface area contributed by atoms with Gasteiger partial charge in [0, 0.05) is 12.1 Å². The van der Waals surface area contributed by atoms with E-state index in [1.165, 1.54) is 12.1 Å². The van der Waals surface area contributed by atoms with Crippen LogP contribution in [0.4, 0.5) is 0 Å². The predicted octanol–water partition coefficient (Wildman–Crippen LogP) is 3.26. The number of rotatable bonds is 5. The van der Waals surface area contributed by atoms with Gasteiger partial charge in [-0.15, -0.1) is 0 Å². The van der Waals surface area contributed by atoms with Gasteiger partial charge in [0.25, 0.3) is 5.91 Å². The van der Waals surface area contributed by atoms with Crippen molar-refractivity contribution in [3.05, 3.63) is 22.7 Å². The lowest BCUT2D eigenvalue weighted by Gasteiger charge is -2.32. The van der Waals surface area contributed by atoms with E-state index in [9.17, 15) is 9.59 Å². The summed E-state index contributed by atoms with van der Waals surface area (Å²) in [5.74, 6) is -0.0775. The molecule has 1 heterocycles. The van der Waals surface area contributed by atoms with Crippen LogP contribution in [0.3, 0.4) is 0 Å². The van der Waals surface area contributed by atoms with E-state index in [0.29, 0.717) is 11.5 Å². The fraction of sp³-hybridized carbons (Fsp3) is 0.529. The Morgan fingerprint density at radius 3 is 2.33 bits per heavy atom. The van der Waals surface area contributed by atoms with E-state index in [1.54, 1.807) is 11.8 Å². The summed E-state index contributed by atoms with van der Waals surface area (Å²) in [7, 11) is 0. The molecule has 1 aliphatic rings. The van der Waals surface area contributed by atoms with E-state index < -0.39 is 12.1 Å². The molecule has 1 aromatic carbocycles. The fourth-order valence-corrected chi connectivity index (χ4v) is 2.94. The molecule has 1 aliphatic heterocycles. The minimum Gasteiger partial charge on any atom is -0.454 e. The maximum Gasteiger partial charge on any atom is 0.339 e. The first kappa shape index (κ1) is 18.4. The smallest absolute Gasteiger partial charge is 0.339 e. The van der Waals surface area contributed by atoms with Gasteiger partial charge in [-0.05, 0) is 46.8 Å². The van der Waals surface area contributed by atoms with Crippen molar-refractivity contribution < 1.29 is 23.8 Å². The van der Waals surface area contributed by atoms with Crippen LogP contribution in [0, 0.1) is 0 Å². The molecule has 0 bridgehead atoms. The Morgan fingerprint density at radius 1 is 1.12 bits per heavy atom. The van der Waals surface area contributed by atoms with Crippen molar-refractivity contribution in [3.63, 3.8) is 0 Å². The molecule has 2 rings (SSSR count). The third-order valence-electron chi connectivity index (χ3n) is 3.66. The van der Waals surface area contributed by atoms with Crippen LogP contribution in [0.2, 0.25) is 5.02 Å². The number of fused-ring (bicyclic) bond motifs is 1. The summed E-state index contributed by atoms with van der Waals surface area (Å²) in [4.78, 5) is 26.5.